The van der Waals surface area contributed by atoms with Gasteiger partial charge in [0, 0.05) is 18.8 Å². The Balaban J connectivity index is 1.73. The van der Waals surface area contributed by atoms with Crippen LogP contribution < -0.4 is 0 Å². The van der Waals surface area contributed by atoms with Crippen molar-refractivity contribution in [2.45, 2.75) is 62.8 Å². The van der Waals surface area contributed by atoms with Gasteiger partial charge in [-0.2, -0.15) is 0 Å². The highest BCUT2D eigenvalue weighted by Crippen LogP contribution is 2.34. The molecule has 1 aliphatic carbocycles. The molecule has 27 heavy (non-hydrogen) atoms. The quantitative estimate of drug-likeness (QED) is 0.252. The van der Waals surface area contributed by atoms with Gasteiger partial charge in [-0.1, -0.05) is 12.2 Å². The second-order valence-electron chi connectivity index (χ2n) is 7.03. The van der Waals surface area contributed by atoms with Crippen molar-refractivity contribution in [2.24, 2.45) is 11.8 Å². The van der Waals surface area contributed by atoms with Gasteiger partial charge >= 0.3 is 5.97 Å². The number of carbonyl (C=O) groups excluding carboxylic acids is 1. The van der Waals surface area contributed by atoms with Crippen molar-refractivity contribution in [3.05, 3.63) is 12.2 Å². The number of allylic oxidation sites excluding steroid dienone is 1. The van der Waals surface area contributed by atoms with Crippen LogP contribution in [0.4, 0.5) is 0 Å². The summed E-state index contributed by atoms with van der Waals surface area (Å²) >= 11 is 0. The maximum atomic E-state index is 11.9. The molecule has 9 nitrogen and oxygen atoms in total. The molecular weight excluding hydrogens is 360 g/mol. The van der Waals surface area contributed by atoms with Crippen molar-refractivity contribution >= 4 is 11.8 Å². The minimum absolute atomic E-state index is 0.00443. The van der Waals surface area contributed by atoms with Gasteiger partial charge in [0.25, 0.3) is 0 Å². The SMILES string of the molecule is O=C(O)C[C@H]1CCC(=O)[C@@H]1C/C=C\CCO[C@H]1O[C@@H](CO)[C@@H](O)[C@H](O)[C@@H]1O. The first kappa shape index (κ1) is 21.9. The minimum atomic E-state index is -1.48. The number of ketones is 1. The molecule has 1 heterocycles. The zero-order valence-electron chi connectivity index (χ0n) is 15.0. The van der Waals surface area contributed by atoms with Crippen LogP contribution in [-0.2, 0) is 19.1 Å². The standard InChI is InChI=1S/C18H28O9/c19-9-13-15(23)16(24)17(25)18(27-13)26-7-3-1-2-4-11-10(8-14(21)22)5-6-12(11)20/h1-2,10-11,13,15-19,23-25H,3-9H2,(H,21,22)/b2-1-/t10-,11-,13+,15-,16+,17+,18+/m1/s1. The number of aliphatic hydroxyl groups is 4. The predicted octanol–water partition coefficient (Wildman–Crippen LogP) is -0.791. The highest BCUT2D eigenvalue weighted by atomic mass is 16.7. The van der Waals surface area contributed by atoms with Gasteiger partial charge < -0.3 is 35.0 Å². The lowest BCUT2D eigenvalue weighted by atomic mass is 9.89. The predicted molar refractivity (Wildman–Crippen MR) is 91.6 cm³/mol. The average Bonchev–Trinajstić information content (AvgIpc) is 2.96. The lowest BCUT2D eigenvalue weighted by Gasteiger charge is -2.39. The fourth-order valence-electron chi connectivity index (χ4n) is 3.59. The van der Waals surface area contributed by atoms with Gasteiger partial charge in [0.15, 0.2) is 6.29 Å². The molecule has 1 saturated heterocycles. The molecule has 0 bridgehead atoms. The molecule has 2 fully saturated rings. The van der Waals surface area contributed by atoms with Crippen LogP contribution in [0, 0.1) is 11.8 Å². The summed E-state index contributed by atoms with van der Waals surface area (Å²) in [6, 6.07) is 0. The second-order valence-corrected chi connectivity index (χ2v) is 7.03. The van der Waals surface area contributed by atoms with Gasteiger partial charge in [-0.3, -0.25) is 9.59 Å². The monoisotopic (exact) mass is 388 g/mol. The van der Waals surface area contributed by atoms with Crippen LogP contribution in [0.25, 0.3) is 0 Å². The topological polar surface area (TPSA) is 154 Å². The third kappa shape index (κ3) is 5.81. The number of hydrogen-bond donors (Lipinski definition) is 5. The third-order valence-electron chi connectivity index (χ3n) is 5.15. The summed E-state index contributed by atoms with van der Waals surface area (Å²) in [5, 5.41) is 47.3. The van der Waals surface area contributed by atoms with Gasteiger partial charge in [0.05, 0.1) is 13.2 Å². The van der Waals surface area contributed by atoms with Crippen molar-refractivity contribution < 1.29 is 44.6 Å². The number of aliphatic hydroxyl groups excluding tert-OH is 4. The van der Waals surface area contributed by atoms with Crippen LogP contribution in [0.1, 0.15) is 32.1 Å². The maximum absolute atomic E-state index is 11.9. The normalized spacial score (nSPS) is 37.2. The number of aliphatic carboxylic acids is 1. The van der Waals surface area contributed by atoms with E-state index >= 15 is 0 Å². The molecule has 2 rings (SSSR count). The Bertz CT molecular complexity index is 533. The van der Waals surface area contributed by atoms with Crippen molar-refractivity contribution in [3.8, 4) is 0 Å². The number of hydrogen-bond acceptors (Lipinski definition) is 8. The molecular formula is C18H28O9. The molecule has 9 heteroatoms. The molecule has 154 valence electrons. The van der Waals surface area contributed by atoms with Gasteiger partial charge in [0.2, 0.25) is 0 Å². The first-order valence-electron chi connectivity index (χ1n) is 9.16. The molecule has 0 aromatic carbocycles. The highest BCUT2D eigenvalue weighted by Gasteiger charge is 2.43. The second kappa shape index (κ2) is 10.3. The summed E-state index contributed by atoms with van der Waals surface area (Å²) in [5.74, 6) is -1.17. The molecule has 0 aromatic rings. The van der Waals surface area contributed by atoms with E-state index in [2.05, 4.69) is 0 Å². The smallest absolute Gasteiger partial charge is 0.303 e. The molecule has 5 N–H and O–H groups in total. The number of carboxylic acids is 1. The largest absolute Gasteiger partial charge is 0.481 e. The van der Waals surface area contributed by atoms with Crippen LogP contribution in [0.5, 0.6) is 0 Å². The number of rotatable bonds is 9. The van der Waals surface area contributed by atoms with Gasteiger partial charge in [-0.15, -0.1) is 0 Å². The zero-order chi connectivity index (χ0) is 20.0. The minimum Gasteiger partial charge on any atom is -0.481 e. The van der Waals surface area contributed by atoms with E-state index in [0.29, 0.717) is 25.7 Å². The Morgan fingerprint density at radius 1 is 1.19 bits per heavy atom. The molecule has 0 aromatic heterocycles. The Hall–Kier alpha value is -1.36. The number of Topliss-reactive ketones (excluding diaryl/α,β-unsaturated/α-hetero) is 1. The summed E-state index contributed by atoms with van der Waals surface area (Å²) in [7, 11) is 0. The van der Waals surface area contributed by atoms with Gasteiger partial charge in [-0.05, 0) is 25.2 Å². The Morgan fingerprint density at radius 2 is 1.93 bits per heavy atom. The van der Waals surface area contributed by atoms with Crippen LogP contribution in [0.2, 0.25) is 0 Å². The van der Waals surface area contributed by atoms with E-state index in [1.165, 1.54) is 0 Å². The van der Waals surface area contributed by atoms with Crippen LogP contribution in [-0.4, -0.2) is 81.2 Å². The lowest BCUT2D eigenvalue weighted by molar-refractivity contribution is -0.300. The van der Waals surface area contributed by atoms with E-state index in [-0.39, 0.29) is 30.6 Å². The molecule has 0 amide bonds. The van der Waals surface area contributed by atoms with E-state index in [1.807, 2.05) is 6.08 Å². The van der Waals surface area contributed by atoms with Crippen LogP contribution >= 0.6 is 0 Å². The van der Waals surface area contributed by atoms with E-state index in [1.54, 1.807) is 6.08 Å². The molecule has 0 radical (unpaired) electrons. The van der Waals surface area contributed by atoms with Crippen LogP contribution in [0.3, 0.4) is 0 Å². The number of carbonyl (C=O) groups is 2. The molecule has 2 aliphatic rings. The highest BCUT2D eigenvalue weighted by molar-refractivity contribution is 5.84. The third-order valence-corrected chi connectivity index (χ3v) is 5.15. The average molecular weight is 388 g/mol. The first-order chi connectivity index (χ1) is 12.8. The van der Waals surface area contributed by atoms with Crippen molar-refractivity contribution in [3.63, 3.8) is 0 Å². The maximum Gasteiger partial charge on any atom is 0.303 e. The van der Waals surface area contributed by atoms with Crippen molar-refractivity contribution in [1.82, 2.24) is 0 Å². The summed E-state index contributed by atoms with van der Waals surface area (Å²) in [4.78, 5) is 22.7. The molecule has 0 spiro atoms. The summed E-state index contributed by atoms with van der Waals surface area (Å²) < 4.78 is 10.6. The van der Waals surface area contributed by atoms with E-state index in [0.717, 1.165) is 0 Å². The Morgan fingerprint density at radius 3 is 2.59 bits per heavy atom. The van der Waals surface area contributed by atoms with Gasteiger partial charge in [0.1, 0.15) is 30.2 Å². The first-order valence-corrected chi connectivity index (χ1v) is 9.16. The lowest BCUT2D eigenvalue weighted by Crippen LogP contribution is -2.59. The zero-order valence-corrected chi connectivity index (χ0v) is 15.0. The van der Waals surface area contributed by atoms with Gasteiger partial charge in [-0.25, -0.2) is 0 Å². The summed E-state index contributed by atoms with van der Waals surface area (Å²) in [6.45, 7) is -0.353. The number of carboxylic acid groups (broad SMARTS) is 1. The molecule has 0 unspecified atom stereocenters. The fourth-order valence-corrected chi connectivity index (χ4v) is 3.59. The Kier molecular flexibility index (Phi) is 8.33. The number of ether oxygens (including phenoxy) is 2. The summed E-state index contributed by atoms with van der Waals surface area (Å²) in [5.41, 5.74) is 0. The van der Waals surface area contributed by atoms with E-state index in [4.69, 9.17) is 19.7 Å². The molecule has 1 aliphatic heterocycles. The van der Waals surface area contributed by atoms with E-state index in [9.17, 15) is 24.9 Å². The van der Waals surface area contributed by atoms with Crippen molar-refractivity contribution in [1.29, 1.82) is 0 Å². The fraction of sp³-hybridized carbons (Fsp3) is 0.778. The summed E-state index contributed by atoms with van der Waals surface area (Å²) in [6.07, 6.45) is -0.898. The van der Waals surface area contributed by atoms with Crippen LogP contribution in [0.15, 0.2) is 12.2 Å². The Labute approximate surface area is 157 Å². The molecule has 7 atom stereocenters. The van der Waals surface area contributed by atoms with E-state index < -0.39 is 43.3 Å². The molecule has 1 saturated carbocycles. The van der Waals surface area contributed by atoms with Crippen molar-refractivity contribution in [2.75, 3.05) is 13.2 Å².